The Bertz CT molecular complexity index is 649. The van der Waals surface area contributed by atoms with E-state index < -0.39 is 17.1 Å². The van der Waals surface area contributed by atoms with Crippen LogP contribution in [0, 0.1) is 6.92 Å². The maximum Gasteiger partial charge on any atom is 0.351 e. The second kappa shape index (κ2) is 5.43. The summed E-state index contributed by atoms with van der Waals surface area (Å²) in [5, 5.41) is 0. The molecule has 0 amide bonds. The number of benzene rings is 1. The van der Waals surface area contributed by atoms with E-state index in [2.05, 4.69) is 0 Å². The number of halogens is 2. The molecule has 2 fully saturated rings. The van der Waals surface area contributed by atoms with Crippen LogP contribution in [0.5, 0.6) is 5.75 Å². The Hall–Kier alpha value is -1.65. The molecule has 3 rings (SSSR count). The molecule has 2 aliphatic carbocycles. The van der Waals surface area contributed by atoms with Crippen LogP contribution in [0.4, 0.5) is 8.78 Å². The van der Waals surface area contributed by atoms with Gasteiger partial charge in [-0.1, -0.05) is 12.1 Å². The highest BCUT2D eigenvalue weighted by molar-refractivity contribution is 5.83. The zero-order valence-corrected chi connectivity index (χ0v) is 14.6. The Balaban J connectivity index is 1.80. The van der Waals surface area contributed by atoms with Crippen LogP contribution in [-0.2, 0) is 9.53 Å². The number of hydrogen-bond acceptors (Lipinski definition) is 3. The maximum atomic E-state index is 13.2. The van der Waals surface area contributed by atoms with Crippen molar-refractivity contribution in [2.75, 3.05) is 0 Å². The van der Waals surface area contributed by atoms with Crippen LogP contribution < -0.4 is 4.74 Å². The SMILES string of the molecule is Cc1ccc(C2CC(F)(F)C2)c(OC2(C(=O)OC(C)(C)C)CC2)c1. The van der Waals surface area contributed by atoms with Gasteiger partial charge in [-0.25, -0.2) is 13.6 Å². The number of carbonyl (C=O) groups is 1. The first kappa shape index (κ1) is 17.2. The van der Waals surface area contributed by atoms with E-state index in [4.69, 9.17) is 9.47 Å². The molecule has 3 nitrogen and oxygen atoms in total. The number of rotatable bonds is 4. The van der Waals surface area contributed by atoms with Crippen molar-refractivity contribution in [3.63, 3.8) is 0 Å². The van der Waals surface area contributed by atoms with E-state index in [0.717, 1.165) is 11.1 Å². The summed E-state index contributed by atoms with van der Waals surface area (Å²) in [7, 11) is 0. The molecule has 0 aliphatic heterocycles. The minimum absolute atomic E-state index is 0.161. The van der Waals surface area contributed by atoms with Gasteiger partial charge in [0.1, 0.15) is 11.4 Å². The highest BCUT2D eigenvalue weighted by Gasteiger charge is 2.56. The Morgan fingerprint density at radius 3 is 2.33 bits per heavy atom. The molecular formula is C19H24F2O3. The van der Waals surface area contributed by atoms with E-state index in [1.165, 1.54) is 0 Å². The fraction of sp³-hybridized carbons (Fsp3) is 0.632. The number of aryl methyl sites for hydroxylation is 1. The first-order valence-electron chi connectivity index (χ1n) is 8.41. The number of ether oxygens (including phenoxy) is 2. The summed E-state index contributed by atoms with van der Waals surface area (Å²) in [5.74, 6) is -2.64. The van der Waals surface area contributed by atoms with Crippen LogP contribution >= 0.6 is 0 Å². The van der Waals surface area contributed by atoms with Gasteiger partial charge < -0.3 is 9.47 Å². The van der Waals surface area contributed by atoms with Gasteiger partial charge in [0.15, 0.2) is 0 Å². The van der Waals surface area contributed by atoms with Crippen molar-refractivity contribution in [3.05, 3.63) is 29.3 Å². The molecule has 2 saturated carbocycles. The number of esters is 1. The summed E-state index contributed by atoms with van der Waals surface area (Å²) in [4.78, 5) is 12.4. The van der Waals surface area contributed by atoms with Crippen molar-refractivity contribution in [2.24, 2.45) is 0 Å². The van der Waals surface area contributed by atoms with Crippen LogP contribution in [-0.4, -0.2) is 23.1 Å². The third kappa shape index (κ3) is 3.55. The molecule has 0 saturated heterocycles. The molecule has 0 aromatic heterocycles. The van der Waals surface area contributed by atoms with Gasteiger partial charge in [0.05, 0.1) is 0 Å². The van der Waals surface area contributed by atoms with Gasteiger partial charge in [0.25, 0.3) is 0 Å². The summed E-state index contributed by atoms with van der Waals surface area (Å²) in [5.41, 5.74) is 0.199. The molecule has 132 valence electrons. The average Bonchev–Trinajstić information content (AvgIpc) is 3.15. The van der Waals surface area contributed by atoms with Crippen LogP contribution in [0.1, 0.15) is 63.5 Å². The van der Waals surface area contributed by atoms with Crippen molar-refractivity contribution in [1.82, 2.24) is 0 Å². The van der Waals surface area contributed by atoms with Gasteiger partial charge in [0.2, 0.25) is 11.5 Å². The number of alkyl halides is 2. The van der Waals surface area contributed by atoms with Gasteiger partial charge in [-0.2, -0.15) is 0 Å². The molecule has 5 heteroatoms. The van der Waals surface area contributed by atoms with Crippen LogP contribution in [0.15, 0.2) is 18.2 Å². The summed E-state index contributed by atoms with van der Waals surface area (Å²) in [6.45, 7) is 7.36. The second-order valence-corrected chi connectivity index (χ2v) is 8.10. The molecule has 2 aliphatic rings. The van der Waals surface area contributed by atoms with Gasteiger partial charge in [-0.3, -0.25) is 0 Å². The Kier molecular flexibility index (Phi) is 3.89. The maximum absolute atomic E-state index is 13.2. The lowest BCUT2D eigenvalue weighted by atomic mass is 9.76. The molecular weight excluding hydrogens is 314 g/mol. The second-order valence-electron chi connectivity index (χ2n) is 8.10. The normalized spacial score (nSPS) is 21.8. The summed E-state index contributed by atoms with van der Waals surface area (Å²) in [6, 6.07) is 5.57. The lowest BCUT2D eigenvalue weighted by Crippen LogP contribution is -2.38. The predicted octanol–water partition coefficient (Wildman–Crippen LogP) is 4.76. The Morgan fingerprint density at radius 1 is 1.21 bits per heavy atom. The third-order valence-electron chi connectivity index (χ3n) is 4.48. The van der Waals surface area contributed by atoms with Crippen molar-refractivity contribution in [3.8, 4) is 5.75 Å². The van der Waals surface area contributed by atoms with E-state index in [1.807, 2.05) is 45.9 Å². The molecule has 0 spiro atoms. The molecule has 1 aromatic carbocycles. The van der Waals surface area contributed by atoms with Crippen LogP contribution in [0.3, 0.4) is 0 Å². The average molecular weight is 338 g/mol. The first-order chi connectivity index (χ1) is 11.0. The standard InChI is InChI=1S/C19H24F2O3/c1-12-5-6-14(13-10-19(20,21)11-13)15(9-12)23-18(7-8-18)16(22)24-17(2,3)4/h5-6,9,13H,7-8,10-11H2,1-4H3. The van der Waals surface area contributed by atoms with Crippen molar-refractivity contribution in [2.45, 2.75) is 76.4 Å². The monoisotopic (exact) mass is 338 g/mol. The zero-order valence-electron chi connectivity index (χ0n) is 14.6. The molecule has 1 aromatic rings. The summed E-state index contributed by atoms with van der Waals surface area (Å²) < 4.78 is 38.0. The van der Waals surface area contributed by atoms with Crippen molar-refractivity contribution in [1.29, 1.82) is 0 Å². The molecule has 0 unspecified atom stereocenters. The van der Waals surface area contributed by atoms with E-state index in [-0.39, 0.29) is 24.7 Å². The topological polar surface area (TPSA) is 35.5 Å². The summed E-state index contributed by atoms with van der Waals surface area (Å²) in [6.07, 6.45) is 0.865. The fourth-order valence-electron chi connectivity index (χ4n) is 2.99. The third-order valence-corrected chi connectivity index (χ3v) is 4.48. The van der Waals surface area contributed by atoms with E-state index in [0.29, 0.717) is 18.6 Å². The van der Waals surface area contributed by atoms with E-state index in [1.54, 1.807) is 0 Å². The Morgan fingerprint density at radius 2 is 1.83 bits per heavy atom. The minimum atomic E-state index is -2.59. The van der Waals surface area contributed by atoms with E-state index >= 15 is 0 Å². The minimum Gasteiger partial charge on any atom is -0.475 e. The lowest BCUT2D eigenvalue weighted by Gasteiger charge is -2.36. The fourth-order valence-corrected chi connectivity index (χ4v) is 2.99. The smallest absolute Gasteiger partial charge is 0.351 e. The van der Waals surface area contributed by atoms with Gasteiger partial charge in [-0.05, 0) is 50.8 Å². The zero-order chi connectivity index (χ0) is 17.8. The van der Waals surface area contributed by atoms with Gasteiger partial charge in [-0.15, -0.1) is 0 Å². The molecule has 0 bridgehead atoms. The number of carbonyl (C=O) groups excluding carboxylic acids is 1. The van der Waals surface area contributed by atoms with Gasteiger partial charge >= 0.3 is 5.97 Å². The largest absolute Gasteiger partial charge is 0.475 e. The number of hydrogen-bond donors (Lipinski definition) is 0. The lowest BCUT2D eigenvalue weighted by molar-refractivity contribution is -0.165. The highest BCUT2D eigenvalue weighted by atomic mass is 19.3. The molecule has 0 atom stereocenters. The highest BCUT2D eigenvalue weighted by Crippen LogP contribution is 2.52. The summed E-state index contributed by atoms with van der Waals surface area (Å²) >= 11 is 0. The van der Waals surface area contributed by atoms with Crippen LogP contribution in [0.25, 0.3) is 0 Å². The van der Waals surface area contributed by atoms with Gasteiger partial charge in [0, 0.05) is 25.7 Å². The van der Waals surface area contributed by atoms with E-state index in [9.17, 15) is 13.6 Å². The molecule has 0 N–H and O–H groups in total. The van der Waals surface area contributed by atoms with Crippen LogP contribution in [0.2, 0.25) is 0 Å². The predicted molar refractivity (Wildman–Crippen MR) is 86.5 cm³/mol. The molecule has 24 heavy (non-hydrogen) atoms. The van der Waals surface area contributed by atoms with Crippen molar-refractivity contribution < 1.29 is 23.0 Å². The van der Waals surface area contributed by atoms with Crippen molar-refractivity contribution >= 4 is 5.97 Å². The quantitative estimate of drug-likeness (QED) is 0.743. The molecule has 0 radical (unpaired) electrons. The molecule has 0 heterocycles. The first-order valence-corrected chi connectivity index (χ1v) is 8.41. The Labute approximate surface area is 141 Å².